The van der Waals surface area contributed by atoms with Gasteiger partial charge in [-0.05, 0) is 0 Å². The Morgan fingerprint density at radius 1 is 0.435 bits per heavy atom. The molecule has 0 spiro atoms. The van der Waals surface area contributed by atoms with Crippen LogP contribution in [0.3, 0.4) is 0 Å². The summed E-state index contributed by atoms with van der Waals surface area (Å²) >= 11 is 0. The molecule has 0 saturated heterocycles. The fraction of sp³-hybridized carbons (Fsp3) is 1.00. The first-order valence-corrected chi connectivity index (χ1v) is 6.72. The van der Waals surface area contributed by atoms with Crippen LogP contribution in [0, 0.1) is 0 Å². The minimum Gasteiger partial charge on any atom is -1.00 e. The van der Waals surface area contributed by atoms with Crippen LogP contribution >= 0.6 is 0 Å². The topological polar surface area (TPSA) is 68.3 Å². The average Bonchev–Trinajstić information content (AvgIpc) is 2.10. The summed E-state index contributed by atoms with van der Waals surface area (Å²) in [7, 11) is -14.0. The van der Waals surface area contributed by atoms with Crippen molar-refractivity contribution < 1.29 is 89.8 Å². The van der Waals surface area contributed by atoms with Crippen LogP contribution in [0.4, 0.5) is 52.7 Å². The molecule has 4 nitrogen and oxygen atoms in total. The Kier molecular flexibility index (Phi) is 8.69. The van der Waals surface area contributed by atoms with Crippen LogP contribution in [0.25, 0.3) is 0 Å². The number of halogens is 12. The van der Waals surface area contributed by atoms with Crippen molar-refractivity contribution in [1.82, 2.24) is 0 Å². The van der Waals surface area contributed by atoms with Gasteiger partial charge in [-0.1, -0.05) is 0 Å². The minimum atomic E-state index is -7.01. The fourth-order valence-electron chi connectivity index (χ4n) is 0.262. The Balaban J connectivity index is -0.000000154. The summed E-state index contributed by atoms with van der Waals surface area (Å²) in [6, 6.07) is 0. The molecule has 0 bridgehead atoms. The summed E-state index contributed by atoms with van der Waals surface area (Å²) in [5.41, 5.74) is -25.1. The van der Waals surface area contributed by atoms with Crippen molar-refractivity contribution in [2.75, 3.05) is 0 Å². The second-order valence-corrected chi connectivity index (χ2v) is 6.66. The molecule has 0 aromatic carbocycles. The maximum atomic E-state index is 11.0. The second kappa shape index (κ2) is 7.27. The van der Waals surface area contributed by atoms with Crippen molar-refractivity contribution in [3.05, 3.63) is 0 Å². The van der Waals surface area contributed by atoms with Crippen LogP contribution in [0.15, 0.2) is 0 Å². The molecule has 0 atom stereocenters. The van der Waals surface area contributed by atoms with Crippen LogP contribution in [0.1, 0.15) is 1.43 Å². The normalized spacial score (nSPS) is 14.4. The molecule has 23 heavy (non-hydrogen) atoms. The van der Waals surface area contributed by atoms with Gasteiger partial charge in [-0.2, -0.15) is 52.7 Å². The third-order valence-corrected chi connectivity index (χ3v) is 3.66. The summed E-state index contributed by atoms with van der Waals surface area (Å²) in [4.78, 5) is 0. The zero-order valence-corrected chi connectivity index (χ0v) is 11.6. The van der Waals surface area contributed by atoms with Crippen molar-refractivity contribution in [2.24, 2.45) is 0 Å². The Morgan fingerprint density at radius 3 is 0.522 bits per heavy atom. The molecule has 0 heterocycles. The molecule has 0 amide bonds. The third kappa shape index (κ3) is 6.58. The number of hydrogen-bond acceptors (Lipinski definition) is 4. The van der Waals surface area contributed by atoms with Gasteiger partial charge in [-0.3, -0.25) is 0 Å². The molecule has 0 aliphatic heterocycles. The zero-order valence-electron chi connectivity index (χ0n) is 11.0. The smallest absolute Gasteiger partial charge is 1.00 e. The predicted molar refractivity (Wildman–Crippen MR) is 43.2 cm³/mol. The van der Waals surface area contributed by atoms with E-state index < -0.39 is 41.7 Å². The Bertz CT molecular complexity index is 487. The molecule has 19 heteroatoms. The van der Waals surface area contributed by atoms with Gasteiger partial charge in [0.2, 0.25) is 0 Å². The molecule has 0 rings (SSSR count). The van der Waals surface area contributed by atoms with Crippen molar-refractivity contribution in [2.45, 2.75) is 22.0 Å². The number of sulfone groups is 2. The summed E-state index contributed by atoms with van der Waals surface area (Å²) in [5, 5.41) is 0. The molecular weight excluding hydrogens is 411 g/mol. The predicted octanol–water partition coefficient (Wildman–Crippen LogP) is -0.00190. The molecule has 0 saturated carbocycles. The van der Waals surface area contributed by atoms with Crippen LogP contribution in [0.2, 0.25) is 0 Å². The van der Waals surface area contributed by atoms with E-state index in [1.807, 2.05) is 0 Å². The molecule has 0 fully saturated rings. The monoisotopic (exact) mass is 412 g/mol. The average molecular weight is 412 g/mol. The van der Waals surface area contributed by atoms with Gasteiger partial charge in [0, 0.05) is 0 Å². The van der Waals surface area contributed by atoms with Crippen molar-refractivity contribution in [3.8, 4) is 0 Å². The van der Waals surface area contributed by atoms with Crippen LogP contribution in [-0.2, 0) is 19.7 Å². The molecule has 0 aromatic rings. The Morgan fingerprint density at radius 2 is 0.522 bits per heavy atom. The van der Waals surface area contributed by atoms with E-state index in [1.165, 1.54) is 0 Å². The van der Waals surface area contributed by atoms with Gasteiger partial charge in [-0.25, -0.2) is 16.8 Å². The third-order valence-electron chi connectivity index (χ3n) is 1.22. The van der Waals surface area contributed by atoms with Gasteiger partial charge in [0.05, 0.1) is 0 Å². The molecule has 138 valence electrons. The molecule has 0 aromatic heterocycles. The summed E-state index contributed by atoms with van der Waals surface area (Å²) in [5.74, 6) is 0. The van der Waals surface area contributed by atoms with Crippen LogP contribution in [0.5, 0.6) is 0 Å². The molecule has 0 N–H and O–H groups in total. The van der Waals surface area contributed by atoms with E-state index in [-0.39, 0.29) is 20.3 Å². The largest absolute Gasteiger partial charge is 1.00 e. The van der Waals surface area contributed by atoms with E-state index in [2.05, 4.69) is 0 Å². The minimum absolute atomic E-state index is 0. The first-order valence-electron chi connectivity index (χ1n) is 3.75. The van der Waals surface area contributed by atoms with Crippen molar-refractivity contribution in [3.63, 3.8) is 0 Å². The van der Waals surface area contributed by atoms with E-state index in [9.17, 15) is 69.5 Å². The van der Waals surface area contributed by atoms with Crippen LogP contribution in [-0.4, -0.2) is 38.9 Å². The molecule has 0 radical (unpaired) electrons. The van der Waals surface area contributed by atoms with Gasteiger partial charge >= 0.3 is 60.6 Å². The Labute approximate surface area is 132 Å². The van der Waals surface area contributed by atoms with E-state index in [4.69, 9.17) is 0 Å². The van der Waals surface area contributed by atoms with E-state index in [0.29, 0.717) is 0 Å². The standard InChI is InChI=1S/2C2F6O2S.Li.H/c2*3-1(4,5)11(9,10)2(6,7)8;;/q;;+1;-1. The Hall–Kier alpha value is -0.343. The van der Waals surface area contributed by atoms with E-state index >= 15 is 0 Å². The molecule has 0 unspecified atom stereocenters. The quantitative estimate of drug-likeness (QED) is 0.415. The molecular formula is C4HF12LiO4S2. The first kappa shape index (κ1) is 27.5. The van der Waals surface area contributed by atoms with E-state index in [1.54, 1.807) is 0 Å². The molecule has 0 aliphatic rings. The second-order valence-electron chi connectivity index (χ2n) is 2.79. The summed E-state index contributed by atoms with van der Waals surface area (Å²) < 4.78 is 170. The maximum Gasteiger partial charge on any atom is 1.00 e. The van der Waals surface area contributed by atoms with Gasteiger partial charge in [0.25, 0.3) is 0 Å². The first-order chi connectivity index (χ1) is 9.00. The van der Waals surface area contributed by atoms with Gasteiger partial charge < -0.3 is 1.43 Å². The summed E-state index contributed by atoms with van der Waals surface area (Å²) in [6.07, 6.45) is 0. The number of rotatable bonds is 0. The zero-order chi connectivity index (χ0) is 19.0. The van der Waals surface area contributed by atoms with Gasteiger partial charge in [0.15, 0.2) is 0 Å². The fourth-order valence-corrected chi connectivity index (χ4v) is 0.787. The number of alkyl halides is 12. The maximum absolute atomic E-state index is 11.0. The van der Waals surface area contributed by atoms with Gasteiger partial charge in [-0.15, -0.1) is 0 Å². The van der Waals surface area contributed by atoms with E-state index in [0.717, 1.165) is 0 Å². The SMILES string of the molecule is O=S(=O)(C(F)(F)F)C(F)(F)F.O=S(=O)(C(F)(F)F)C(F)(F)F.[H-].[Li+]. The number of hydrogen-bond donors (Lipinski definition) is 0. The summed E-state index contributed by atoms with van der Waals surface area (Å²) in [6.45, 7) is 0. The van der Waals surface area contributed by atoms with Crippen LogP contribution < -0.4 is 18.9 Å². The van der Waals surface area contributed by atoms with Crippen molar-refractivity contribution in [1.29, 1.82) is 0 Å². The van der Waals surface area contributed by atoms with Gasteiger partial charge in [0.1, 0.15) is 0 Å². The molecule has 0 aliphatic carbocycles. The van der Waals surface area contributed by atoms with Crippen molar-refractivity contribution >= 4 is 19.7 Å².